The number of carbonyl (C=O) groups excluding carboxylic acids is 1. The minimum atomic E-state index is -0.534. The van der Waals surface area contributed by atoms with Crippen molar-refractivity contribution in [2.45, 2.75) is 13.0 Å². The molecular weight excluding hydrogens is 218 g/mol. The molecule has 0 aliphatic rings. The second-order valence-corrected chi connectivity index (χ2v) is 3.70. The summed E-state index contributed by atoms with van der Waals surface area (Å²) in [5.41, 5.74) is 7.04. The Morgan fingerprint density at radius 3 is 2.76 bits per heavy atom. The van der Waals surface area contributed by atoms with Gasteiger partial charge in [0.05, 0.1) is 11.7 Å². The van der Waals surface area contributed by atoms with Crippen molar-refractivity contribution in [2.75, 3.05) is 5.32 Å². The number of anilines is 1. The van der Waals surface area contributed by atoms with Crippen LogP contribution < -0.4 is 11.1 Å². The van der Waals surface area contributed by atoms with Gasteiger partial charge >= 0.3 is 0 Å². The fraction of sp³-hybridized carbons (Fsp3) is 0.182. The molecular formula is C11H13N5O. The topological polar surface area (TPSA) is 85.8 Å². The molecule has 1 atom stereocenters. The molecule has 6 heteroatoms. The summed E-state index contributed by atoms with van der Waals surface area (Å²) in [4.78, 5) is 11.4. The zero-order valence-corrected chi connectivity index (χ0v) is 9.37. The average molecular weight is 231 g/mol. The molecule has 0 unspecified atom stereocenters. The molecule has 3 N–H and O–H groups in total. The molecule has 0 fully saturated rings. The summed E-state index contributed by atoms with van der Waals surface area (Å²) in [6, 6.07) is 6.82. The van der Waals surface area contributed by atoms with Crippen LogP contribution in [-0.2, 0) is 4.79 Å². The number of hydrogen-bond donors (Lipinski definition) is 2. The highest BCUT2D eigenvalue weighted by molar-refractivity contribution is 5.94. The summed E-state index contributed by atoms with van der Waals surface area (Å²) in [5, 5.41) is 10.2. The van der Waals surface area contributed by atoms with Gasteiger partial charge < -0.3 is 11.1 Å². The number of benzene rings is 1. The van der Waals surface area contributed by atoms with Crippen molar-refractivity contribution >= 4 is 11.6 Å². The Kier molecular flexibility index (Phi) is 3.15. The first-order valence-corrected chi connectivity index (χ1v) is 5.18. The molecule has 2 aromatic rings. The maximum absolute atomic E-state index is 11.4. The fourth-order valence-electron chi connectivity index (χ4n) is 1.33. The average Bonchev–Trinajstić information content (AvgIpc) is 2.82. The third-order valence-corrected chi connectivity index (χ3v) is 2.24. The normalized spacial score (nSPS) is 12.1. The molecule has 2 rings (SSSR count). The molecule has 1 aromatic heterocycles. The summed E-state index contributed by atoms with van der Waals surface area (Å²) >= 11 is 0. The van der Waals surface area contributed by atoms with Crippen LogP contribution in [0.25, 0.3) is 5.69 Å². The van der Waals surface area contributed by atoms with Gasteiger partial charge in [-0.1, -0.05) is 6.07 Å². The lowest BCUT2D eigenvalue weighted by Gasteiger charge is -2.09. The Balaban J connectivity index is 2.20. The number of nitrogens with one attached hydrogen (secondary N) is 1. The first-order valence-electron chi connectivity index (χ1n) is 5.18. The van der Waals surface area contributed by atoms with E-state index in [1.165, 1.54) is 0 Å². The minimum Gasteiger partial charge on any atom is -0.325 e. The molecule has 0 aliphatic heterocycles. The first-order chi connectivity index (χ1) is 8.16. The highest BCUT2D eigenvalue weighted by atomic mass is 16.2. The van der Waals surface area contributed by atoms with Crippen LogP contribution in [0.1, 0.15) is 6.92 Å². The number of hydrogen-bond acceptors (Lipinski definition) is 4. The van der Waals surface area contributed by atoms with Crippen LogP contribution in [-0.4, -0.2) is 26.7 Å². The van der Waals surface area contributed by atoms with E-state index in [1.54, 1.807) is 30.2 Å². The van der Waals surface area contributed by atoms with Gasteiger partial charge in [-0.05, 0) is 25.1 Å². The van der Waals surface area contributed by atoms with Crippen molar-refractivity contribution in [1.29, 1.82) is 0 Å². The maximum Gasteiger partial charge on any atom is 0.240 e. The van der Waals surface area contributed by atoms with Crippen LogP contribution in [0.5, 0.6) is 0 Å². The molecule has 1 heterocycles. The minimum absolute atomic E-state index is 0.217. The fourth-order valence-corrected chi connectivity index (χ4v) is 1.33. The number of aromatic nitrogens is 3. The quantitative estimate of drug-likeness (QED) is 0.807. The van der Waals surface area contributed by atoms with E-state index in [2.05, 4.69) is 15.5 Å². The van der Waals surface area contributed by atoms with E-state index in [4.69, 9.17) is 5.73 Å². The predicted molar refractivity (Wildman–Crippen MR) is 63.6 cm³/mol. The SMILES string of the molecule is C[C@@H](N)C(=O)Nc1cccc(-n2cnnc2)c1. The van der Waals surface area contributed by atoms with Gasteiger partial charge in [0.1, 0.15) is 12.7 Å². The predicted octanol–water partition coefficient (Wildman–Crippen LogP) is 0.553. The number of nitrogens with zero attached hydrogens (tertiary/aromatic N) is 3. The summed E-state index contributed by atoms with van der Waals surface area (Å²) in [5.74, 6) is -0.217. The lowest BCUT2D eigenvalue weighted by molar-refractivity contribution is -0.117. The molecule has 1 aromatic carbocycles. The van der Waals surface area contributed by atoms with Gasteiger partial charge in [-0.15, -0.1) is 10.2 Å². The molecule has 6 nitrogen and oxygen atoms in total. The summed E-state index contributed by atoms with van der Waals surface area (Å²) in [7, 11) is 0. The van der Waals surface area contributed by atoms with E-state index in [1.807, 2.05) is 18.2 Å². The number of rotatable bonds is 3. The lowest BCUT2D eigenvalue weighted by atomic mass is 10.2. The van der Waals surface area contributed by atoms with Crippen LogP contribution >= 0.6 is 0 Å². The summed E-state index contributed by atoms with van der Waals surface area (Å²) in [6.45, 7) is 1.64. The van der Waals surface area contributed by atoms with Gasteiger partial charge in [-0.3, -0.25) is 9.36 Å². The van der Waals surface area contributed by atoms with Crippen LogP contribution in [0.15, 0.2) is 36.9 Å². The van der Waals surface area contributed by atoms with Crippen molar-refractivity contribution < 1.29 is 4.79 Å². The smallest absolute Gasteiger partial charge is 0.240 e. The standard InChI is InChI=1S/C11H13N5O/c1-8(12)11(17)15-9-3-2-4-10(5-9)16-6-13-14-7-16/h2-8H,12H2,1H3,(H,15,17)/t8-/m1/s1. The highest BCUT2D eigenvalue weighted by Crippen LogP contribution is 2.14. The van der Waals surface area contributed by atoms with Gasteiger partial charge in [0, 0.05) is 5.69 Å². The summed E-state index contributed by atoms with van der Waals surface area (Å²) in [6.07, 6.45) is 3.18. The molecule has 17 heavy (non-hydrogen) atoms. The van der Waals surface area contributed by atoms with Crippen molar-refractivity contribution in [3.05, 3.63) is 36.9 Å². The van der Waals surface area contributed by atoms with Gasteiger partial charge in [-0.2, -0.15) is 0 Å². The van der Waals surface area contributed by atoms with Gasteiger partial charge in [0.25, 0.3) is 0 Å². The molecule has 88 valence electrons. The Labute approximate surface area is 98.5 Å². The zero-order valence-electron chi connectivity index (χ0n) is 9.37. The molecule has 0 aliphatic carbocycles. The van der Waals surface area contributed by atoms with Crippen molar-refractivity contribution in [2.24, 2.45) is 5.73 Å². The second kappa shape index (κ2) is 4.75. The van der Waals surface area contributed by atoms with Gasteiger partial charge in [0.2, 0.25) is 5.91 Å². The van der Waals surface area contributed by atoms with E-state index >= 15 is 0 Å². The molecule has 1 amide bonds. The zero-order chi connectivity index (χ0) is 12.3. The molecule has 0 spiro atoms. The molecule has 0 saturated carbocycles. The maximum atomic E-state index is 11.4. The van der Waals surface area contributed by atoms with Gasteiger partial charge in [-0.25, -0.2) is 0 Å². The second-order valence-electron chi connectivity index (χ2n) is 3.70. The van der Waals surface area contributed by atoms with Crippen LogP contribution in [0.4, 0.5) is 5.69 Å². The largest absolute Gasteiger partial charge is 0.325 e. The van der Waals surface area contributed by atoms with E-state index in [-0.39, 0.29) is 5.91 Å². The van der Waals surface area contributed by atoms with Crippen molar-refractivity contribution in [1.82, 2.24) is 14.8 Å². The Morgan fingerprint density at radius 1 is 1.41 bits per heavy atom. The van der Waals surface area contributed by atoms with E-state index in [0.29, 0.717) is 5.69 Å². The van der Waals surface area contributed by atoms with E-state index in [0.717, 1.165) is 5.69 Å². The Bertz CT molecular complexity index is 506. The Morgan fingerprint density at radius 2 is 2.12 bits per heavy atom. The van der Waals surface area contributed by atoms with Crippen LogP contribution in [0.2, 0.25) is 0 Å². The lowest BCUT2D eigenvalue weighted by Crippen LogP contribution is -2.32. The van der Waals surface area contributed by atoms with E-state index in [9.17, 15) is 4.79 Å². The highest BCUT2D eigenvalue weighted by Gasteiger charge is 2.07. The van der Waals surface area contributed by atoms with E-state index < -0.39 is 6.04 Å². The third kappa shape index (κ3) is 2.67. The summed E-state index contributed by atoms with van der Waals surface area (Å²) < 4.78 is 1.75. The molecule has 0 radical (unpaired) electrons. The molecule has 0 saturated heterocycles. The number of carbonyl (C=O) groups is 1. The number of nitrogens with two attached hydrogens (primary N) is 1. The van der Waals surface area contributed by atoms with Crippen LogP contribution in [0.3, 0.4) is 0 Å². The third-order valence-electron chi connectivity index (χ3n) is 2.24. The first kappa shape index (κ1) is 11.3. The molecule has 0 bridgehead atoms. The Hall–Kier alpha value is -2.21. The van der Waals surface area contributed by atoms with Crippen molar-refractivity contribution in [3.8, 4) is 5.69 Å². The number of amides is 1. The van der Waals surface area contributed by atoms with Crippen LogP contribution in [0, 0.1) is 0 Å². The van der Waals surface area contributed by atoms with Gasteiger partial charge in [0.15, 0.2) is 0 Å². The van der Waals surface area contributed by atoms with Crippen molar-refractivity contribution in [3.63, 3.8) is 0 Å². The monoisotopic (exact) mass is 231 g/mol.